The van der Waals surface area contributed by atoms with E-state index in [0.29, 0.717) is 22.7 Å². The van der Waals surface area contributed by atoms with E-state index in [9.17, 15) is 9.59 Å². The SMILES string of the molecule is Cc1c(C(=O)Nc2ccc3c(c2)NC(=O)CO3)oc2c1ccc1ccccc12. The monoisotopic (exact) mass is 372 g/mol. The second kappa shape index (κ2) is 6.13. The Morgan fingerprint density at radius 3 is 2.82 bits per heavy atom. The van der Waals surface area contributed by atoms with Crippen molar-refractivity contribution < 1.29 is 18.7 Å². The summed E-state index contributed by atoms with van der Waals surface area (Å²) in [5, 5.41) is 8.50. The van der Waals surface area contributed by atoms with Crippen LogP contribution in [0.1, 0.15) is 16.1 Å². The Bertz CT molecular complexity index is 1270. The number of carbonyl (C=O) groups excluding carboxylic acids is 2. The van der Waals surface area contributed by atoms with E-state index in [1.54, 1.807) is 18.2 Å². The van der Waals surface area contributed by atoms with Crippen molar-refractivity contribution in [3.8, 4) is 5.75 Å². The molecular weight excluding hydrogens is 356 g/mol. The highest BCUT2D eigenvalue weighted by molar-refractivity contribution is 6.11. The fraction of sp³-hybridized carbons (Fsp3) is 0.0909. The molecule has 0 saturated carbocycles. The maximum Gasteiger partial charge on any atom is 0.291 e. The van der Waals surface area contributed by atoms with Gasteiger partial charge in [-0.05, 0) is 30.5 Å². The number of hydrogen-bond acceptors (Lipinski definition) is 4. The Kier molecular flexibility index (Phi) is 3.58. The van der Waals surface area contributed by atoms with Gasteiger partial charge in [-0.1, -0.05) is 36.4 Å². The molecule has 0 fully saturated rings. The van der Waals surface area contributed by atoms with Crippen LogP contribution >= 0.6 is 0 Å². The molecule has 5 rings (SSSR count). The number of furan rings is 1. The Morgan fingerprint density at radius 1 is 1.07 bits per heavy atom. The molecule has 6 nitrogen and oxygen atoms in total. The maximum atomic E-state index is 12.8. The van der Waals surface area contributed by atoms with Crippen LogP contribution in [-0.4, -0.2) is 18.4 Å². The van der Waals surface area contributed by atoms with Gasteiger partial charge in [-0.3, -0.25) is 9.59 Å². The molecule has 3 aromatic carbocycles. The standard InChI is InChI=1S/C22H16N2O4/c1-12-15-8-6-13-4-2-3-5-16(13)21(15)28-20(12)22(26)23-14-7-9-18-17(10-14)24-19(25)11-27-18/h2-10H,11H2,1H3,(H,23,26)(H,24,25). The van der Waals surface area contributed by atoms with Crippen LogP contribution in [-0.2, 0) is 4.79 Å². The zero-order valence-electron chi connectivity index (χ0n) is 15.0. The Labute approximate surface area is 160 Å². The lowest BCUT2D eigenvalue weighted by Crippen LogP contribution is -2.25. The summed E-state index contributed by atoms with van der Waals surface area (Å²) in [6, 6.07) is 17.0. The second-order valence-corrected chi connectivity index (χ2v) is 6.72. The summed E-state index contributed by atoms with van der Waals surface area (Å²) in [6.07, 6.45) is 0. The number of ether oxygens (including phenoxy) is 1. The van der Waals surface area contributed by atoms with Gasteiger partial charge in [-0.2, -0.15) is 0 Å². The molecule has 1 aliphatic rings. The molecule has 0 atom stereocenters. The number of anilines is 2. The largest absolute Gasteiger partial charge is 0.482 e. The highest BCUT2D eigenvalue weighted by Crippen LogP contribution is 2.33. The van der Waals surface area contributed by atoms with Crippen LogP contribution in [0.15, 0.2) is 59.0 Å². The minimum atomic E-state index is -0.346. The lowest BCUT2D eigenvalue weighted by molar-refractivity contribution is -0.118. The number of amides is 2. The average molecular weight is 372 g/mol. The summed E-state index contributed by atoms with van der Waals surface area (Å²) in [6.45, 7) is 1.86. The molecule has 0 unspecified atom stereocenters. The highest BCUT2D eigenvalue weighted by Gasteiger charge is 2.21. The minimum absolute atomic E-state index is 0.00909. The van der Waals surface area contributed by atoms with Gasteiger partial charge in [0.1, 0.15) is 11.3 Å². The molecule has 2 heterocycles. The fourth-order valence-electron chi connectivity index (χ4n) is 3.51. The van der Waals surface area contributed by atoms with Crippen molar-refractivity contribution in [3.63, 3.8) is 0 Å². The molecule has 0 bridgehead atoms. The van der Waals surface area contributed by atoms with Crippen molar-refractivity contribution >= 4 is 44.9 Å². The smallest absolute Gasteiger partial charge is 0.291 e. The van der Waals surface area contributed by atoms with E-state index in [4.69, 9.17) is 9.15 Å². The summed E-state index contributed by atoms with van der Waals surface area (Å²) in [7, 11) is 0. The number of hydrogen-bond donors (Lipinski definition) is 2. The summed E-state index contributed by atoms with van der Waals surface area (Å²) in [5.74, 6) is 0.269. The van der Waals surface area contributed by atoms with Crippen molar-refractivity contribution in [1.82, 2.24) is 0 Å². The number of carbonyl (C=O) groups is 2. The molecule has 1 aliphatic heterocycles. The minimum Gasteiger partial charge on any atom is -0.482 e. The Balaban J connectivity index is 1.51. The first-order chi connectivity index (χ1) is 13.6. The summed E-state index contributed by atoms with van der Waals surface area (Å²) in [4.78, 5) is 24.3. The Morgan fingerprint density at radius 2 is 1.93 bits per heavy atom. The van der Waals surface area contributed by atoms with Crippen LogP contribution in [0, 0.1) is 6.92 Å². The third kappa shape index (κ3) is 2.58. The maximum absolute atomic E-state index is 12.8. The van der Waals surface area contributed by atoms with Crippen molar-refractivity contribution in [2.45, 2.75) is 6.92 Å². The number of nitrogens with one attached hydrogen (secondary N) is 2. The summed E-state index contributed by atoms with van der Waals surface area (Å²) >= 11 is 0. The molecule has 1 aromatic heterocycles. The van der Waals surface area contributed by atoms with Crippen LogP contribution in [0.2, 0.25) is 0 Å². The van der Waals surface area contributed by atoms with Crippen molar-refractivity contribution in [2.24, 2.45) is 0 Å². The molecule has 0 spiro atoms. The van der Waals surface area contributed by atoms with Gasteiger partial charge < -0.3 is 19.8 Å². The zero-order valence-corrected chi connectivity index (χ0v) is 15.0. The molecule has 2 N–H and O–H groups in total. The molecular formula is C22H16N2O4. The Hall–Kier alpha value is -3.80. The quantitative estimate of drug-likeness (QED) is 0.544. The number of rotatable bonds is 2. The zero-order chi connectivity index (χ0) is 19.3. The van der Waals surface area contributed by atoms with Crippen LogP contribution in [0.3, 0.4) is 0 Å². The topological polar surface area (TPSA) is 80.6 Å². The highest BCUT2D eigenvalue weighted by atomic mass is 16.5. The van der Waals surface area contributed by atoms with Crippen molar-refractivity contribution in [1.29, 1.82) is 0 Å². The first kappa shape index (κ1) is 16.4. The molecule has 0 saturated heterocycles. The summed E-state index contributed by atoms with van der Waals surface area (Å²) in [5.41, 5.74) is 2.56. The van der Waals surface area contributed by atoms with E-state index in [0.717, 1.165) is 21.7 Å². The van der Waals surface area contributed by atoms with Gasteiger partial charge in [-0.15, -0.1) is 0 Å². The predicted molar refractivity (Wildman–Crippen MR) is 107 cm³/mol. The second-order valence-electron chi connectivity index (χ2n) is 6.72. The normalized spacial score (nSPS) is 13.1. The van der Waals surface area contributed by atoms with Gasteiger partial charge in [0.2, 0.25) is 0 Å². The fourth-order valence-corrected chi connectivity index (χ4v) is 3.51. The molecule has 138 valence electrons. The third-order valence-electron chi connectivity index (χ3n) is 4.90. The predicted octanol–water partition coefficient (Wildman–Crippen LogP) is 4.48. The van der Waals surface area contributed by atoms with Crippen LogP contribution in [0.25, 0.3) is 21.7 Å². The average Bonchev–Trinajstić information content (AvgIpc) is 3.05. The van der Waals surface area contributed by atoms with Gasteiger partial charge in [0.15, 0.2) is 12.4 Å². The van der Waals surface area contributed by atoms with Gasteiger partial charge >= 0.3 is 0 Å². The van der Waals surface area contributed by atoms with Gasteiger partial charge in [-0.25, -0.2) is 0 Å². The lowest BCUT2D eigenvalue weighted by atomic mass is 10.1. The lowest BCUT2D eigenvalue weighted by Gasteiger charge is -2.18. The molecule has 6 heteroatoms. The van der Waals surface area contributed by atoms with E-state index in [1.165, 1.54) is 0 Å². The molecule has 28 heavy (non-hydrogen) atoms. The van der Waals surface area contributed by atoms with Gasteiger partial charge in [0.05, 0.1) is 5.69 Å². The molecule has 4 aromatic rings. The summed E-state index contributed by atoms with van der Waals surface area (Å²) < 4.78 is 11.3. The van der Waals surface area contributed by atoms with Gasteiger partial charge in [0.25, 0.3) is 11.8 Å². The van der Waals surface area contributed by atoms with Crippen molar-refractivity contribution in [3.05, 3.63) is 65.9 Å². The first-order valence-corrected chi connectivity index (χ1v) is 8.89. The van der Waals surface area contributed by atoms with Crippen LogP contribution < -0.4 is 15.4 Å². The van der Waals surface area contributed by atoms with Crippen LogP contribution in [0.5, 0.6) is 5.75 Å². The molecule has 0 aliphatic carbocycles. The van der Waals surface area contributed by atoms with Crippen LogP contribution in [0.4, 0.5) is 11.4 Å². The number of aryl methyl sites for hydroxylation is 1. The molecule has 2 amide bonds. The van der Waals surface area contributed by atoms with E-state index >= 15 is 0 Å². The van der Waals surface area contributed by atoms with E-state index in [-0.39, 0.29) is 24.2 Å². The molecule has 0 radical (unpaired) electrons. The first-order valence-electron chi connectivity index (χ1n) is 8.89. The van der Waals surface area contributed by atoms with E-state index < -0.39 is 0 Å². The van der Waals surface area contributed by atoms with Gasteiger partial charge in [0, 0.05) is 22.0 Å². The van der Waals surface area contributed by atoms with E-state index in [1.807, 2.05) is 43.3 Å². The number of benzene rings is 3. The number of fused-ring (bicyclic) bond motifs is 4. The third-order valence-corrected chi connectivity index (χ3v) is 4.90. The van der Waals surface area contributed by atoms with Crippen molar-refractivity contribution in [2.75, 3.05) is 17.2 Å². The van der Waals surface area contributed by atoms with E-state index in [2.05, 4.69) is 10.6 Å².